The molecule has 3 rings (SSSR count). The quantitative estimate of drug-likeness (QED) is 0.450. The summed E-state index contributed by atoms with van der Waals surface area (Å²) in [5, 5.41) is 5.59. The van der Waals surface area contributed by atoms with E-state index in [1.54, 1.807) is 30.3 Å². The fourth-order valence-electron chi connectivity index (χ4n) is 3.13. The number of carbonyl (C=O) groups excluding carboxylic acids is 2. The van der Waals surface area contributed by atoms with Crippen molar-refractivity contribution in [1.82, 2.24) is 10.0 Å². The number of carbonyl (C=O) groups is 2. The summed E-state index contributed by atoms with van der Waals surface area (Å²) in [6.07, 6.45) is 0.252. The van der Waals surface area contributed by atoms with E-state index < -0.39 is 15.9 Å². The van der Waals surface area contributed by atoms with Crippen molar-refractivity contribution in [1.29, 1.82) is 0 Å². The molecule has 8 heteroatoms. The number of nitrogens with one attached hydrogen (secondary N) is 3. The summed E-state index contributed by atoms with van der Waals surface area (Å²) in [5.41, 5.74) is 2.42. The molecule has 0 radical (unpaired) electrons. The number of hydrogen-bond donors (Lipinski definition) is 3. The molecule has 0 aliphatic carbocycles. The van der Waals surface area contributed by atoms with Crippen LogP contribution < -0.4 is 15.4 Å². The van der Waals surface area contributed by atoms with Crippen molar-refractivity contribution >= 4 is 27.5 Å². The van der Waals surface area contributed by atoms with Gasteiger partial charge in [0.15, 0.2) is 0 Å². The maximum absolute atomic E-state index is 12.7. The van der Waals surface area contributed by atoms with Crippen LogP contribution in [0.3, 0.4) is 0 Å². The highest BCUT2D eigenvalue weighted by molar-refractivity contribution is 7.89. The Kier molecular flexibility index (Phi) is 7.97. The normalized spacial score (nSPS) is 11.2. The van der Waals surface area contributed by atoms with Gasteiger partial charge < -0.3 is 10.6 Å². The molecule has 2 amide bonds. The first-order valence-corrected chi connectivity index (χ1v) is 12.0. The van der Waals surface area contributed by atoms with Crippen molar-refractivity contribution in [2.24, 2.45) is 0 Å². The fourth-order valence-corrected chi connectivity index (χ4v) is 4.19. The Morgan fingerprint density at radius 2 is 1.55 bits per heavy atom. The molecule has 0 fully saturated rings. The molecule has 0 saturated carbocycles. The zero-order valence-corrected chi connectivity index (χ0v) is 19.4. The SMILES string of the molecule is CC(C)NC(=O)Cc1ccc(NC(=O)c2cccc(S(=O)(=O)NCc3ccccc3)c2)cc1. The van der Waals surface area contributed by atoms with Gasteiger partial charge in [0.25, 0.3) is 5.91 Å². The van der Waals surface area contributed by atoms with Gasteiger partial charge in [0.1, 0.15) is 0 Å². The third kappa shape index (κ3) is 7.27. The molecule has 0 spiro atoms. The summed E-state index contributed by atoms with van der Waals surface area (Å²) in [5.74, 6) is -0.499. The van der Waals surface area contributed by atoms with Crippen LogP contribution in [-0.2, 0) is 27.8 Å². The van der Waals surface area contributed by atoms with Gasteiger partial charge in [0.2, 0.25) is 15.9 Å². The van der Waals surface area contributed by atoms with Crippen LogP contribution in [0.2, 0.25) is 0 Å². The third-order valence-electron chi connectivity index (χ3n) is 4.74. The lowest BCUT2D eigenvalue weighted by atomic mass is 10.1. The molecule has 33 heavy (non-hydrogen) atoms. The highest BCUT2D eigenvalue weighted by Crippen LogP contribution is 2.16. The van der Waals surface area contributed by atoms with Crippen LogP contribution >= 0.6 is 0 Å². The average Bonchev–Trinajstić information content (AvgIpc) is 2.79. The molecule has 0 aromatic heterocycles. The predicted molar refractivity (Wildman–Crippen MR) is 128 cm³/mol. The Balaban J connectivity index is 1.64. The minimum absolute atomic E-state index is 0.0117. The largest absolute Gasteiger partial charge is 0.354 e. The second-order valence-corrected chi connectivity index (χ2v) is 9.65. The van der Waals surface area contributed by atoms with E-state index in [2.05, 4.69) is 15.4 Å². The van der Waals surface area contributed by atoms with E-state index in [4.69, 9.17) is 0 Å². The van der Waals surface area contributed by atoms with Gasteiger partial charge in [-0.05, 0) is 55.3 Å². The first kappa shape index (κ1) is 24.2. The fraction of sp³-hybridized carbons (Fsp3) is 0.200. The number of anilines is 1. The van der Waals surface area contributed by atoms with Crippen LogP contribution in [0.25, 0.3) is 0 Å². The van der Waals surface area contributed by atoms with Crippen LogP contribution in [0.1, 0.15) is 35.3 Å². The lowest BCUT2D eigenvalue weighted by molar-refractivity contribution is -0.120. The molecule has 0 aliphatic rings. The first-order valence-electron chi connectivity index (χ1n) is 10.6. The molecule has 7 nitrogen and oxygen atoms in total. The van der Waals surface area contributed by atoms with E-state index in [1.165, 1.54) is 18.2 Å². The van der Waals surface area contributed by atoms with Crippen molar-refractivity contribution in [2.75, 3.05) is 5.32 Å². The number of amides is 2. The van der Waals surface area contributed by atoms with Gasteiger partial charge in [-0.25, -0.2) is 13.1 Å². The van der Waals surface area contributed by atoms with E-state index in [1.807, 2.05) is 44.2 Å². The standard InChI is InChI=1S/C25H27N3O4S/c1-18(2)27-24(29)15-19-11-13-22(14-12-19)28-25(30)21-9-6-10-23(16-21)33(31,32)26-17-20-7-4-3-5-8-20/h3-14,16,18,26H,15,17H2,1-2H3,(H,27,29)(H,28,30). The van der Waals surface area contributed by atoms with Crippen molar-refractivity contribution < 1.29 is 18.0 Å². The minimum Gasteiger partial charge on any atom is -0.354 e. The van der Waals surface area contributed by atoms with E-state index in [9.17, 15) is 18.0 Å². The Bertz CT molecular complexity index is 1210. The van der Waals surface area contributed by atoms with Crippen LogP contribution in [0.4, 0.5) is 5.69 Å². The molecule has 0 saturated heterocycles. The Morgan fingerprint density at radius 3 is 2.21 bits per heavy atom. The van der Waals surface area contributed by atoms with E-state index in [0.717, 1.165) is 11.1 Å². The molecule has 0 atom stereocenters. The average molecular weight is 466 g/mol. The van der Waals surface area contributed by atoms with Crippen LogP contribution in [0.5, 0.6) is 0 Å². The summed E-state index contributed by atoms with van der Waals surface area (Å²) >= 11 is 0. The zero-order valence-electron chi connectivity index (χ0n) is 18.5. The summed E-state index contributed by atoms with van der Waals surface area (Å²) < 4.78 is 27.9. The Morgan fingerprint density at radius 1 is 0.848 bits per heavy atom. The van der Waals surface area contributed by atoms with Gasteiger partial charge >= 0.3 is 0 Å². The summed E-state index contributed by atoms with van der Waals surface area (Å²) in [6, 6.07) is 22.1. The lowest BCUT2D eigenvalue weighted by Crippen LogP contribution is -2.31. The van der Waals surface area contributed by atoms with Crippen molar-refractivity contribution in [3.05, 3.63) is 95.6 Å². The second kappa shape index (κ2) is 10.9. The van der Waals surface area contributed by atoms with E-state index in [-0.39, 0.29) is 35.4 Å². The molecule has 0 aliphatic heterocycles. The van der Waals surface area contributed by atoms with Gasteiger partial charge in [0, 0.05) is 23.8 Å². The Hall–Kier alpha value is -3.49. The third-order valence-corrected chi connectivity index (χ3v) is 6.14. The molecular weight excluding hydrogens is 438 g/mol. The highest BCUT2D eigenvalue weighted by atomic mass is 32.2. The van der Waals surface area contributed by atoms with Crippen LogP contribution in [-0.4, -0.2) is 26.3 Å². The van der Waals surface area contributed by atoms with Crippen molar-refractivity contribution in [3.8, 4) is 0 Å². The van der Waals surface area contributed by atoms with Gasteiger partial charge in [0.05, 0.1) is 11.3 Å². The van der Waals surface area contributed by atoms with Gasteiger partial charge in [-0.2, -0.15) is 0 Å². The number of benzene rings is 3. The molecule has 172 valence electrons. The summed E-state index contributed by atoms with van der Waals surface area (Å²) in [6.45, 7) is 3.95. The summed E-state index contributed by atoms with van der Waals surface area (Å²) in [7, 11) is -3.78. The number of sulfonamides is 1. The van der Waals surface area contributed by atoms with Gasteiger partial charge in [-0.1, -0.05) is 48.5 Å². The van der Waals surface area contributed by atoms with Crippen molar-refractivity contribution in [2.45, 2.75) is 37.8 Å². The smallest absolute Gasteiger partial charge is 0.255 e. The van der Waals surface area contributed by atoms with Crippen LogP contribution in [0, 0.1) is 0 Å². The van der Waals surface area contributed by atoms with Crippen LogP contribution in [0.15, 0.2) is 83.8 Å². The van der Waals surface area contributed by atoms with E-state index in [0.29, 0.717) is 5.69 Å². The molecule has 0 heterocycles. The zero-order chi connectivity index (χ0) is 23.8. The molecule has 3 N–H and O–H groups in total. The first-order chi connectivity index (χ1) is 15.7. The molecular formula is C25H27N3O4S. The predicted octanol–water partition coefficient (Wildman–Crippen LogP) is 3.48. The summed E-state index contributed by atoms with van der Waals surface area (Å²) in [4.78, 5) is 24.6. The maximum atomic E-state index is 12.7. The number of rotatable bonds is 9. The molecule has 0 unspecified atom stereocenters. The van der Waals surface area contributed by atoms with Crippen molar-refractivity contribution in [3.63, 3.8) is 0 Å². The molecule has 3 aromatic rings. The van der Waals surface area contributed by atoms with Gasteiger partial charge in [-0.15, -0.1) is 0 Å². The van der Waals surface area contributed by atoms with Gasteiger partial charge in [-0.3, -0.25) is 9.59 Å². The highest BCUT2D eigenvalue weighted by Gasteiger charge is 2.16. The monoisotopic (exact) mass is 465 g/mol. The van der Waals surface area contributed by atoms with E-state index >= 15 is 0 Å². The maximum Gasteiger partial charge on any atom is 0.255 e. The molecule has 3 aromatic carbocycles. The number of hydrogen-bond acceptors (Lipinski definition) is 4. The topological polar surface area (TPSA) is 104 Å². The minimum atomic E-state index is -3.78. The Labute approximate surface area is 194 Å². The lowest BCUT2D eigenvalue weighted by Gasteiger charge is -2.10. The second-order valence-electron chi connectivity index (χ2n) is 7.89. The molecule has 0 bridgehead atoms.